The van der Waals surface area contributed by atoms with Gasteiger partial charge in [-0.15, -0.1) is 0 Å². The standard InChI is InChI=1S/C15H12ClN3O2/c1-2-21-15(20)14(19-17)12-9-10(16)6-7-11(12)13-5-3-4-8-18-13/h3-9H,2H2,1H3. The van der Waals surface area contributed by atoms with Crippen molar-refractivity contribution in [3.05, 3.63) is 58.7 Å². The lowest BCUT2D eigenvalue weighted by Gasteiger charge is -2.06. The van der Waals surface area contributed by atoms with Crippen molar-refractivity contribution in [1.29, 1.82) is 0 Å². The minimum atomic E-state index is -0.723. The Balaban J connectivity index is 2.60. The van der Waals surface area contributed by atoms with Gasteiger partial charge >= 0.3 is 11.7 Å². The highest BCUT2D eigenvalue weighted by molar-refractivity contribution is 6.42. The molecule has 0 fully saturated rings. The zero-order valence-electron chi connectivity index (χ0n) is 11.3. The van der Waals surface area contributed by atoms with Crippen LogP contribution in [0.25, 0.3) is 16.8 Å². The number of rotatable bonds is 4. The van der Waals surface area contributed by atoms with Crippen LogP contribution >= 0.6 is 11.6 Å². The first kappa shape index (κ1) is 14.9. The van der Waals surface area contributed by atoms with Gasteiger partial charge in [-0.05, 0) is 31.2 Å². The number of hydrogen-bond donors (Lipinski definition) is 0. The molecule has 2 aromatic rings. The SMILES string of the molecule is CCOC(=O)C(=[N+]=[N-])c1cc(Cl)ccc1-c1ccccn1. The van der Waals surface area contributed by atoms with Gasteiger partial charge in [0.2, 0.25) is 0 Å². The summed E-state index contributed by atoms with van der Waals surface area (Å²) in [4.78, 5) is 19.2. The third-order valence-corrected chi connectivity index (χ3v) is 2.98. The molecule has 0 bridgehead atoms. The molecule has 2 rings (SSSR count). The van der Waals surface area contributed by atoms with Crippen molar-refractivity contribution in [2.45, 2.75) is 6.92 Å². The molecule has 21 heavy (non-hydrogen) atoms. The smallest absolute Gasteiger partial charge is 0.422 e. The van der Waals surface area contributed by atoms with E-state index < -0.39 is 5.97 Å². The zero-order chi connectivity index (χ0) is 15.2. The fraction of sp³-hybridized carbons (Fsp3) is 0.133. The summed E-state index contributed by atoms with van der Waals surface area (Å²) in [5.41, 5.74) is 10.6. The van der Waals surface area contributed by atoms with Crippen LogP contribution in [-0.4, -0.2) is 28.1 Å². The normalized spacial score (nSPS) is 9.81. The summed E-state index contributed by atoms with van der Waals surface area (Å²) in [6.45, 7) is 1.85. The maximum absolute atomic E-state index is 11.9. The molecule has 0 spiro atoms. The van der Waals surface area contributed by atoms with E-state index in [1.54, 1.807) is 37.4 Å². The van der Waals surface area contributed by atoms with Crippen molar-refractivity contribution >= 4 is 23.3 Å². The Morgan fingerprint density at radius 1 is 1.38 bits per heavy atom. The number of benzene rings is 1. The summed E-state index contributed by atoms with van der Waals surface area (Å²) >= 11 is 5.98. The second-order valence-corrected chi connectivity index (χ2v) is 4.51. The first-order chi connectivity index (χ1) is 10.2. The van der Waals surface area contributed by atoms with Crippen molar-refractivity contribution in [2.75, 3.05) is 6.61 Å². The molecule has 6 heteroatoms. The first-order valence-corrected chi connectivity index (χ1v) is 6.65. The van der Waals surface area contributed by atoms with E-state index >= 15 is 0 Å². The van der Waals surface area contributed by atoms with Crippen LogP contribution in [0.5, 0.6) is 0 Å². The molecular weight excluding hydrogens is 290 g/mol. The maximum atomic E-state index is 11.9. The lowest BCUT2D eigenvalue weighted by molar-refractivity contribution is -0.139. The van der Waals surface area contributed by atoms with Gasteiger partial charge in [0, 0.05) is 16.8 Å². The van der Waals surface area contributed by atoms with Crippen LogP contribution in [0, 0.1) is 0 Å². The van der Waals surface area contributed by atoms with Crippen LogP contribution in [0.15, 0.2) is 42.6 Å². The third kappa shape index (κ3) is 3.34. The number of aromatic nitrogens is 1. The van der Waals surface area contributed by atoms with Gasteiger partial charge in [-0.25, -0.2) is 4.79 Å². The van der Waals surface area contributed by atoms with Gasteiger partial charge in [0.05, 0.1) is 17.9 Å². The highest BCUT2D eigenvalue weighted by Crippen LogP contribution is 2.25. The number of pyridine rings is 1. The Labute approximate surface area is 126 Å². The Kier molecular flexibility index (Phi) is 4.82. The molecule has 5 nitrogen and oxygen atoms in total. The zero-order valence-corrected chi connectivity index (χ0v) is 12.0. The molecular formula is C15H12ClN3O2. The molecule has 0 amide bonds. The average Bonchev–Trinajstić information content (AvgIpc) is 2.49. The summed E-state index contributed by atoms with van der Waals surface area (Å²) in [5, 5.41) is 0.412. The lowest BCUT2D eigenvalue weighted by Crippen LogP contribution is -2.20. The predicted molar refractivity (Wildman–Crippen MR) is 79.0 cm³/mol. The number of hydrogen-bond acceptors (Lipinski definition) is 3. The van der Waals surface area contributed by atoms with E-state index in [-0.39, 0.29) is 12.3 Å². The molecule has 1 aromatic heterocycles. The Morgan fingerprint density at radius 3 is 2.81 bits per heavy atom. The summed E-state index contributed by atoms with van der Waals surface area (Å²) < 4.78 is 4.89. The van der Waals surface area contributed by atoms with Crippen LogP contribution in [0.3, 0.4) is 0 Å². The third-order valence-electron chi connectivity index (χ3n) is 2.75. The van der Waals surface area contributed by atoms with Gasteiger partial charge in [-0.3, -0.25) is 4.98 Å². The van der Waals surface area contributed by atoms with Gasteiger partial charge in [0.15, 0.2) is 0 Å². The molecule has 0 aliphatic heterocycles. The largest absolute Gasteiger partial charge is 0.457 e. The molecule has 0 aliphatic carbocycles. The molecule has 0 radical (unpaired) electrons. The van der Waals surface area contributed by atoms with Crippen molar-refractivity contribution < 1.29 is 14.3 Å². The molecule has 0 unspecified atom stereocenters. The monoisotopic (exact) mass is 301 g/mol. The van der Waals surface area contributed by atoms with Crippen molar-refractivity contribution in [1.82, 2.24) is 4.98 Å². The topological polar surface area (TPSA) is 75.6 Å². The van der Waals surface area contributed by atoms with Crippen LogP contribution in [-0.2, 0) is 9.53 Å². The van der Waals surface area contributed by atoms with E-state index in [0.29, 0.717) is 21.8 Å². The van der Waals surface area contributed by atoms with Gasteiger partial charge in [-0.2, -0.15) is 4.79 Å². The van der Waals surface area contributed by atoms with E-state index in [4.69, 9.17) is 21.9 Å². The minimum Gasteiger partial charge on any atom is -0.457 e. The second-order valence-electron chi connectivity index (χ2n) is 4.07. The van der Waals surface area contributed by atoms with Gasteiger partial charge < -0.3 is 10.3 Å². The number of halogens is 1. The molecule has 106 valence electrons. The van der Waals surface area contributed by atoms with E-state index in [2.05, 4.69) is 9.77 Å². The fourth-order valence-corrected chi connectivity index (χ4v) is 2.03. The predicted octanol–water partition coefficient (Wildman–Crippen LogP) is 2.98. The van der Waals surface area contributed by atoms with E-state index in [9.17, 15) is 4.79 Å². The highest BCUT2D eigenvalue weighted by Gasteiger charge is 2.28. The molecule has 0 saturated heterocycles. The number of nitrogens with zero attached hydrogens (tertiary/aromatic N) is 3. The molecule has 0 aliphatic rings. The Morgan fingerprint density at radius 2 is 2.19 bits per heavy atom. The summed E-state index contributed by atoms with van der Waals surface area (Å²) in [5.74, 6) is -0.723. The molecule has 1 heterocycles. The number of ether oxygens (including phenoxy) is 1. The minimum absolute atomic E-state index is 0.178. The highest BCUT2D eigenvalue weighted by atomic mass is 35.5. The number of carbonyl (C=O) groups excluding carboxylic acids is 1. The van der Waals surface area contributed by atoms with E-state index in [1.165, 1.54) is 6.07 Å². The number of carbonyl (C=O) groups is 1. The summed E-state index contributed by atoms with van der Waals surface area (Å²) in [7, 11) is 0. The van der Waals surface area contributed by atoms with Crippen molar-refractivity contribution in [3.63, 3.8) is 0 Å². The van der Waals surface area contributed by atoms with E-state index in [0.717, 1.165) is 0 Å². The van der Waals surface area contributed by atoms with Crippen LogP contribution in [0.1, 0.15) is 12.5 Å². The van der Waals surface area contributed by atoms with Gasteiger partial charge in [0.25, 0.3) is 0 Å². The Hall–Kier alpha value is -2.49. The maximum Gasteiger partial charge on any atom is 0.422 e. The average molecular weight is 302 g/mol. The van der Waals surface area contributed by atoms with Crippen LogP contribution < -0.4 is 0 Å². The van der Waals surface area contributed by atoms with Crippen molar-refractivity contribution in [2.24, 2.45) is 0 Å². The van der Waals surface area contributed by atoms with Crippen LogP contribution in [0.2, 0.25) is 5.02 Å². The fourth-order valence-electron chi connectivity index (χ4n) is 1.86. The quantitative estimate of drug-likeness (QED) is 0.377. The van der Waals surface area contributed by atoms with E-state index in [1.807, 2.05) is 6.07 Å². The first-order valence-electron chi connectivity index (χ1n) is 6.28. The summed E-state index contributed by atoms with van der Waals surface area (Å²) in [6.07, 6.45) is 1.63. The lowest BCUT2D eigenvalue weighted by atomic mass is 10.00. The van der Waals surface area contributed by atoms with Crippen LogP contribution in [0.4, 0.5) is 0 Å². The molecule has 0 atom stereocenters. The summed E-state index contributed by atoms with van der Waals surface area (Å²) in [6, 6.07) is 10.3. The second kappa shape index (κ2) is 6.79. The Bertz CT molecular complexity index is 710. The molecule has 0 saturated carbocycles. The van der Waals surface area contributed by atoms with Gasteiger partial charge in [-0.1, -0.05) is 23.7 Å². The van der Waals surface area contributed by atoms with Gasteiger partial charge in [0.1, 0.15) is 0 Å². The molecule has 0 N–H and O–H groups in total. The number of esters is 1. The molecule has 1 aromatic carbocycles. The van der Waals surface area contributed by atoms with Crippen molar-refractivity contribution in [3.8, 4) is 11.3 Å².